The van der Waals surface area contributed by atoms with Crippen LogP contribution in [0.25, 0.3) is 22.4 Å². The van der Waals surface area contributed by atoms with Crippen molar-refractivity contribution in [2.75, 3.05) is 0 Å². The summed E-state index contributed by atoms with van der Waals surface area (Å²) in [4.78, 5) is 8.04. The molecule has 3 rings (SSSR count). The Labute approximate surface area is 124 Å². The lowest BCUT2D eigenvalue weighted by Crippen LogP contribution is -1.83. The van der Waals surface area contributed by atoms with Crippen molar-refractivity contribution in [2.45, 2.75) is 12.8 Å². The number of hydrogen-bond donors (Lipinski definition) is 1. The number of hydrogen-bond acceptors (Lipinski definition) is 1. The van der Waals surface area contributed by atoms with Crippen LogP contribution in [0.15, 0.2) is 40.9 Å². The number of aryl methyl sites for hydroxylation is 1. The lowest BCUT2D eigenvalue weighted by Gasteiger charge is -1.99. The van der Waals surface area contributed by atoms with E-state index in [1.165, 1.54) is 0 Å². The summed E-state index contributed by atoms with van der Waals surface area (Å²) in [5, 5.41) is 0. The van der Waals surface area contributed by atoms with Crippen molar-refractivity contribution in [1.82, 2.24) is 9.97 Å². The van der Waals surface area contributed by atoms with Crippen LogP contribution < -0.4 is 0 Å². The molecule has 0 atom stereocenters. The minimum atomic E-state index is 0.513. The van der Waals surface area contributed by atoms with Crippen LogP contribution in [-0.2, 0) is 5.88 Å². The lowest BCUT2D eigenvalue weighted by molar-refractivity contribution is 1.31. The van der Waals surface area contributed by atoms with E-state index in [1.54, 1.807) is 0 Å². The Morgan fingerprint density at radius 1 is 1.26 bits per heavy atom. The first-order chi connectivity index (χ1) is 9.17. The molecule has 0 spiro atoms. The lowest BCUT2D eigenvalue weighted by atomic mass is 10.1. The van der Waals surface area contributed by atoms with E-state index >= 15 is 0 Å². The Morgan fingerprint density at radius 3 is 2.89 bits per heavy atom. The van der Waals surface area contributed by atoms with Crippen molar-refractivity contribution in [2.24, 2.45) is 0 Å². The largest absolute Gasteiger partial charge is 0.338 e. The number of alkyl halides is 1. The maximum absolute atomic E-state index is 5.87. The highest BCUT2D eigenvalue weighted by Crippen LogP contribution is 2.26. The Kier molecular flexibility index (Phi) is 3.33. The van der Waals surface area contributed by atoms with Gasteiger partial charge in [-0.25, -0.2) is 4.98 Å². The van der Waals surface area contributed by atoms with Crippen molar-refractivity contribution in [3.8, 4) is 11.4 Å². The van der Waals surface area contributed by atoms with Gasteiger partial charge in [-0.1, -0.05) is 34.1 Å². The minimum absolute atomic E-state index is 0.513. The van der Waals surface area contributed by atoms with E-state index in [4.69, 9.17) is 11.6 Å². The van der Waals surface area contributed by atoms with Gasteiger partial charge >= 0.3 is 0 Å². The summed E-state index contributed by atoms with van der Waals surface area (Å²) in [6.07, 6.45) is 0. The van der Waals surface area contributed by atoms with Gasteiger partial charge in [0.25, 0.3) is 0 Å². The number of nitrogens with one attached hydrogen (secondary N) is 1. The molecule has 1 N–H and O–H groups in total. The van der Waals surface area contributed by atoms with Crippen LogP contribution >= 0.6 is 27.5 Å². The molecule has 0 aliphatic heterocycles. The summed E-state index contributed by atoms with van der Waals surface area (Å²) in [6, 6.07) is 12.2. The molecule has 0 saturated heterocycles. The summed E-state index contributed by atoms with van der Waals surface area (Å²) >= 11 is 9.38. The Bertz CT molecular complexity index is 749. The molecule has 0 aliphatic rings. The number of aromatic nitrogens is 2. The Morgan fingerprint density at radius 2 is 2.11 bits per heavy atom. The third kappa shape index (κ3) is 2.40. The monoisotopic (exact) mass is 334 g/mol. The molecule has 1 aromatic heterocycles. The molecule has 3 aromatic rings. The fraction of sp³-hybridized carbons (Fsp3) is 0.133. The van der Waals surface area contributed by atoms with Crippen LogP contribution in [0, 0.1) is 6.92 Å². The quantitative estimate of drug-likeness (QED) is 0.653. The topological polar surface area (TPSA) is 28.7 Å². The summed E-state index contributed by atoms with van der Waals surface area (Å²) in [6.45, 7) is 2.06. The third-order valence-electron chi connectivity index (χ3n) is 3.10. The van der Waals surface area contributed by atoms with Gasteiger partial charge in [0.05, 0.1) is 11.0 Å². The fourth-order valence-electron chi connectivity index (χ4n) is 2.18. The second-order valence-corrected chi connectivity index (χ2v) is 5.72. The number of imidazole rings is 1. The van der Waals surface area contributed by atoms with E-state index in [9.17, 15) is 0 Å². The summed E-state index contributed by atoms with van der Waals surface area (Å²) in [7, 11) is 0. The molecule has 0 bridgehead atoms. The molecule has 1 heterocycles. The molecule has 96 valence electrons. The number of aromatic amines is 1. The molecule has 4 heteroatoms. The highest BCUT2D eigenvalue weighted by Gasteiger charge is 2.08. The van der Waals surface area contributed by atoms with Crippen molar-refractivity contribution < 1.29 is 0 Å². The molecular weight excluding hydrogens is 324 g/mol. The summed E-state index contributed by atoms with van der Waals surface area (Å²) < 4.78 is 1.06. The number of halogens is 2. The first kappa shape index (κ1) is 12.7. The SMILES string of the molecule is Cc1cc(Br)cc2[nH]c(-c3cccc(CCl)c3)nc12. The molecule has 0 unspecified atom stereocenters. The van der Waals surface area contributed by atoms with E-state index < -0.39 is 0 Å². The van der Waals surface area contributed by atoms with Crippen molar-refractivity contribution in [3.63, 3.8) is 0 Å². The molecular formula is C15H12BrClN2. The van der Waals surface area contributed by atoms with Crippen LogP contribution in [0.5, 0.6) is 0 Å². The molecule has 0 saturated carbocycles. The van der Waals surface area contributed by atoms with Gasteiger partial charge in [-0.15, -0.1) is 11.6 Å². The average molecular weight is 336 g/mol. The number of H-pyrrole nitrogens is 1. The third-order valence-corrected chi connectivity index (χ3v) is 3.86. The predicted molar refractivity (Wildman–Crippen MR) is 83.5 cm³/mol. The molecule has 19 heavy (non-hydrogen) atoms. The van der Waals surface area contributed by atoms with Crippen LogP contribution in [0.3, 0.4) is 0 Å². The van der Waals surface area contributed by atoms with Gasteiger partial charge in [-0.05, 0) is 36.2 Å². The molecule has 2 nitrogen and oxygen atoms in total. The zero-order valence-electron chi connectivity index (χ0n) is 10.4. The van der Waals surface area contributed by atoms with Crippen LogP contribution in [0.4, 0.5) is 0 Å². The summed E-state index contributed by atoms with van der Waals surface area (Å²) in [5.74, 6) is 1.39. The number of fused-ring (bicyclic) bond motifs is 1. The van der Waals surface area contributed by atoms with Gasteiger partial charge in [0.1, 0.15) is 5.82 Å². The maximum Gasteiger partial charge on any atom is 0.138 e. The molecule has 2 aromatic carbocycles. The number of rotatable bonds is 2. The van der Waals surface area contributed by atoms with Gasteiger partial charge in [-0.3, -0.25) is 0 Å². The van der Waals surface area contributed by atoms with Crippen LogP contribution in [0.1, 0.15) is 11.1 Å². The zero-order chi connectivity index (χ0) is 13.4. The smallest absolute Gasteiger partial charge is 0.138 e. The standard InChI is InChI=1S/C15H12BrClN2/c1-9-5-12(16)7-13-14(9)19-15(18-13)11-4-2-3-10(6-11)8-17/h2-7H,8H2,1H3,(H,18,19). The van der Waals surface area contributed by atoms with Crippen LogP contribution in [0.2, 0.25) is 0 Å². The molecule has 0 amide bonds. The molecule has 0 aliphatic carbocycles. The minimum Gasteiger partial charge on any atom is -0.338 e. The van der Waals surface area contributed by atoms with Gasteiger partial charge in [0.15, 0.2) is 0 Å². The molecule has 0 radical (unpaired) electrons. The van der Waals surface area contributed by atoms with E-state index in [-0.39, 0.29) is 0 Å². The maximum atomic E-state index is 5.87. The first-order valence-electron chi connectivity index (χ1n) is 5.98. The van der Waals surface area contributed by atoms with Crippen molar-refractivity contribution in [3.05, 3.63) is 52.0 Å². The zero-order valence-corrected chi connectivity index (χ0v) is 12.7. The second-order valence-electron chi connectivity index (χ2n) is 4.54. The van der Waals surface area contributed by atoms with E-state index in [0.717, 1.165) is 38.0 Å². The van der Waals surface area contributed by atoms with Gasteiger partial charge in [0.2, 0.25) is 0 Å². The van der Waals surface area contributed by atoms with Gasteiger partial charge in [-0.2, -0.15) is 0 Å². The van der Waals surface area contributed by atoms with Crippen molar-refractivity contribution >= 4 is 38.6 Å². The van der Waals surface area contributed by atoms with E-state index in [1.807, 2.05) is 24.3 Å². The van der Waals surface area contributed by atoms with E-state index in [2.05, 4.69) is 45.0 Å². The fourth-order valence-corrected chi connectivity index (χ4v) is 2.92. The normalized spacial score (nSPS) is 11.1. The van der Waals surface area contributed by atoms with Gasteiger partial charge < -0.3 is 4.98 Å². The number of benzene rings is 2. The Balaban J connectivity index is 2.17. The highest BCUT2D eigenvalue weighted by atomic mass is 79.9. The average Bonchev–Trinajstić information content (AvgIpc) is 2.83. The predicted octanol–water partition coefficient (Wildman–Crippen LogP) is 5.04. The highest BCUT2D eigenvalue weighted by molar-refractivity contribution is 9.10. The molecule has 0 fully saturated rings. The van der Waals surface area contributed by atoms with E-state index in [0.29, 0.717) is 5.88 Å². The summed E-state index contributed by atoms with van der Waals surface area (Å²) in [5.41, 5.74) is 5.36. The number of nitrogens with zero attached hydrogens (tertiary/aromatic N) is 1. The van der Waals surface area contributed by atoms with Crippen molar-refractivity contribution in [1.29, 1.82) is 0 Å². The second kappa shape index (κ2) is 4.99. The Hall–Kier alpha value is -1.32. The first-order valence-corrected chi connectivity index (χ1v) is 7.31. The van der Waals surface area contributed by atoms with Gasteiger partial charge in [0, 0.05) is 15.9 Å². The van der Waals surface area contributed by atoms with Crippen LogP contribution in [-0.4, -0.2) is 9.97 Å².